The zero-order chi connectivity index (χ0) is 21.1. The van der Waals surface area contributed by atoms with Gasteiger partial charge in [-0.25, -0.2) is 0 Å². The van der Waals surface area contributed by atoms with E-state index in [0.29, 0.717) is 37.6 Å². The first-order chi connectivity index (χ1) is 14.5. The number of hydrogen-bond acceptors (Lipinski definition) is 5. The second-order valence-corrected chi connectivity index (χ2v) is 7.24. The van der Waals surface area contributed by atoms with Crippen molar-refractivity contribution >= 4 is 11.8 Å². The van der Waals surface area contributed by atoms with Crippen molar-refractivity contribution in [1.82, 2.24) is 20.4 Å². The Labute approximate surface area is 171 Å². The number of benzene rings is 1. The van der Waals surface area contributed by atoms with Gasteiger partial charge in [-0.3, -0.25) is 14.7 Å². The Bertz CT molecular complexity index is 927. The van der Waals surface area contributed by atoms with Crippen molar-refractivity contribution in [3.05, 3.63) is 46.8 Å². The molecule has 1 fully saturated rings. The molecule has 0 atom stereocenters. The van der Waals surface area contributed by atoms with E-state index in [-0.39, 0.29) is 29.8 Å². The molecule has 4 rings (SSSR count). The van der Waals surface area contributed by atoms with Crippen LogP contribution in [0.5, 0.6) is 5.75 Å². The van der Waals surface area contributed by atoms with Gasteiger partial charge in [-0.1, -0.05) is 12.1 Å². The fourth-order valence-electron chi connectivity index (χ4n) is 3.79. The Hall–Kier alpha value is -3.01. The molecule has 0 unspecified atom stereocenters. The zero-order valence-corrected chi connectivity index (χ0v) is 16.2. The number of carbonyl (C=O) groups is 2. The molecule has 2 aliphatic rings. The number of aromatic amines is 1. The highest BCUT2D eigenvalue weighted by Gasteiger charge is 2.30. The summed E-state index contributed by atoms with van der Waals surface area (Å²) in [5, 5.41) is 9.99. The van der Waals surface area contributed by atoms with Crippen LogP contribution in [-0.4, -0.2) is 59.3 Å². The van der Waals surface area contributed by atoms with Crippen LogP contribution in [0.3, 0.4) is 0 Å². The lowest BCUT2D eigenvalue weighted by molar-refractivity contribution is -0.0503. The van der Waals surface area contributed by atoms with Crippen molar-refractivity contribution in [3.63, 3.8) is 0 Å². The first-order valence-corrected chi connectivity index (χ1v) is 9.80. The summed E-state index contributed by atoms with van der Waals surface area (Å²) in [6.45, 7) is -1.23. The standard InChI is InChI=1S/C20H22F2N4O4/c21-20(22)30-16-4-2-1-3-14(16)19(28)26-8-5-13-15(11-26)24-25-17(13)18(27)23-12-6-9-29-10-7-12/h1-4,12,20H,5-11H2,(H,23,27)(H,24,25). The molecular weight excluding hydrogens is 398 g/mol. The number of carbonyl (C=O) groups excluding carboxylic acids is 2. The molecule has 0 aliphatic carbocycles. The van der Waals surface area contributed by atoms with E-state index in [1.165, 1.54) is 23.1 Å². The predicted octanol–water partition coefficient (Wildman–Crippen LogP) is 2.12. The van der Waals surface area contributed by atoms with Crippen LogP contribution in [0, 0.1) is 0 Å². The Morgan fingerprint density at radius 3 is 2.80 bits per heavy atom. The monoisotopic (exact) mass is 420 g/mol. The molecule has 10 heteroatoms. The quantitative estimate of drug-likeness (QED) is 0.773. The molecule has 3 heterocycles. The van der Waals surface area contributed by atoms with Gasteiger partial charge >= 0.3 is 6.61 Å². The number of H-pyrrole nitrogens is 1. The van der Waals surface area contributed by atoms with Gasteiger partial charge in [0.2, 0.25) is 0 Å². The Morgan fingerprint density at radius 1 is 1.27 bits per heavy atom. The number of alkyl halides is 2. The average Bonchev–Trinajstić information content (AvgIpc) is 3.17. The maximum absolute atomic E-state index is 12.9. The molecule has 2 aromatic rings. The van der Waals surface area contributed by atoms with Crippen molar-refractivity contribution in [2.45, 2.75) is 38.5 Å². The lowest BCUT2D eigenvalue weighted by Crippen LogP contribution is -2.40. The maximum Gasteiger partial charge on any atom is 0.387 e. The van der Waals surface area contributed by atoms with E-state index in [1.54, 1.807) is 6.07 Å². The summed E-state index contributed by atoms with van der Waals surface area (Å²) in [6, 6.07) is 5.97. The van der Waals surface area contributed by atoms with E-state index in [2.05, 4.69) is 20.3 Å². The summed E-state index contributed by atoms with van der Waals surface area (Å²) in [5.74, 6) is -0.820. The van der Waals surface area contributed by atoms with Crippen LogP contribution in [0.15, 0.2) is 24.3 Å². The molecule has 30 heavy (non-hydrogen) atoms. The third-order valence-corrected chi connectivity index (χ3v) is 5.33. The summed E-state index contributed by atoms with van der Waals surface area (Å²) in [4.78, 5) is 27.0. The highest BCUT2D eigenvalue weighted by atomic mass is 19.3. The second-order valence-electron chi connectivity index (χ2n) is 7.24. The summed E-state index contributed by atoms with van der Waals surface area (Å²) >= 11 is 0. The average molecular weight is 420 g/mol. The van der Waals surface area contributed by atoms with E-state index in [9.17, 15) is 18.4 Å². The summed E-state index contributed by atoms with van der Waals surface area (Å²) < 4.78 is 35.1. The summed E-state index contributed by atoms with van der Waals surface area (Å²) in [5.41, 5.74) is 1.85. The number of para-hydroxylation sites is 1. The van der Waals surface area contributed by atoms with Crippen molar-refractivity contribution in [1.29, 1.82) is 0 Å². The van der Waals surface area contributed by atoms with Crippen LogP contribution < -0.4 is 10.1 Å². The molecule has 2 amide bonds. The van der Waals surface area contributed by atoms with Gasteiger partial charge in [-0.2, -0.15) is 13.9 Å². The molecule has 0 spiro atoms. The van der Waals surface area contributed by atoms with Crippen molar-refractivity contribution < 1.29 is 27.8 Å². The van der Waals surface area contributed by atoms with Gasteiger partial charge < -0.3 is 19.7 Å². The predicted molar refractivity (Wildman–Crippen MR) is 101 cm³/mol. The Morgan fingerprint density at radius 2 is 2.03 bits per heavy atom. The lowest BCUT2D eigenvalue weighted by atomic mass is 10.0. The Kier molecular flexibility index (Phi) is 5.93. The largest absolute Gasteiger partial charge is 0.434 e. The maximum atomic E-state index is 12.9. The number of hydrogen-bond donors (Lipinski definition) is 2. The third kappa shape index (κ3) is 4.28. The number of ether oxygens (including phenoxy) is 2. The summed E-state index contributed by atoms with van der Waals surface area (Å²) in [6.07, 6.45) is 1.97. The molecule has 0 bridgehead atoms. The fourth-order valence-corrected chi connectivity index (χ4v) is 3.79. The number of fused-ring (bicyclic) bond motifs is 1. The molecule has 1 aromatic heterocycles. The minimum Gasteiger partial charge on any atom is -0.434 e. The van der Waals surface area contributed by atoms with E-state index in [1.807, 2.05) is 0 Å². The SMILES string of the molecule is O=C(NC1CCOCC1)c1n[nH]c2c1CCN(C(=O)c1ccccc1OC(F)F)C2. The van der Waals surface area contributed by atoms with Gasteiger partial charge in [-0.05, 0) is 31.4 Å². The van der Waals surface area contributed by atoms with Crippen LogP contribution in [0.1, 0.15) is 44.9 Å². The molecule has 2 aliphatic heterocycles. The molecule has 0 radical (unpaired) electrons. The van der Waals surface area contributed by atoms with Crippen molar-refractivity contribution in [2.75, 3.05) is 19.8 Å². The molecular formula is C20H22F2N4O4. The molecule has 8 nitrogen and oxygen atoms in total. The van der Waals surface area contributed by atoms with Crippen LogP contribution >= 0.6 is 0 Å². The van der Waals surface area contributed by atoms with Crippen molar-refractivity contribution in [2.24, 2.45) is 0 Å². The van der Waals surface area contributed by atoms with E-state index >= 15 is 0 Å². The topological polar surface area (TPSA) is 96.5 Å². The minimum atomic E-state index is -3.02. The molecule has 160 valence electrons. The first-order valence-electron chi connectivity index (χ1n) is 9.80. The highest BCUT2D eigenvalue weighted by molar-refractivity contribution is 5.97. The normalized spacial score (nSPS) is 17.0. The molecule has 1 saturated heterocycles. The van der Waals surface area contributed by atoms with Gasteiger partial charge in [0.25, 0.3) is 11.8 Å². The number of rotatable bonds is 5. The lowest BCUT2D eigenvalue weighted by Gasteiger charge is -2.28. The van der Waals surface area contributed by atoms with E-state index in [0.717, 1.165) is 18.4 Å². The van der Waals surface area contributed by atoms with Gasteiger partial charge in [0.05, 0.1) is 17.8 Å². The number of amides is 2. The van der Waals surface area contributed by atoms with Gasteiger partial charge in [-0.15, -0.1) is 0 Å². The van der Waals surface area contributed by atoms with Crippen LogP contribution in [0.2, 0.25) is 0 Å². The van der Waals surface area contributed by atoms with E-state index in [4.69, 9.17) is 4.74 Å². The fraction of sp³-hybridized carbons (Fsp3) is 0.450. The number of aromatic nitrogens is 2. The van der Waals surface area contributed by atoms with Gasteiger partial charge in [0.15, 0.2) is 5.69 Å². The Balaban J connectivity index is 1.46. The summed E-state index contributed by atoms with van der Waals surface area (Å²) in [7, 11) is 0. The molecule has 1 aromatic carbocycles. The van der Waals surface area contributed by atoms with Crippen LogP contribution in [0.25, 0.3) is 0 Å². The van der Waals surface area contributed by atoms with Crippen molar-refractivity contribution in [3.8, 4) is 5.75 Å². The van der Waals surface area contributed by atoms with E-state index < -0.39 is 12.5 Å². The number of halogens is 2. The van der Waals surface area contributed by atoms with Crippen LogP contribution in [0.4, 0.5) is 8.78 Å². The minimum absolute atomic E-state index is 0.0617. The number of nitrogens with zero attached hydrogens (tertiary/aromatic N) is 2. The molecule has 2 N–H and O–H groups in total. The third-order valence-electron chi connectivity index (χ3n) is 5.33. The first kappa shape index (κ1) is 20.3. The van der Waals surface area contributed by atoms with Gasteiger partial charge in [0, 0.05) is 31.4 Å². The zero-order valence-electron chi connectivity index (χ0n) is 16.2. The highest BCUT2D eigenvalue weighted by Crippen LogP contribution is 2.26. The van der Waals surface area contributed by atoms with Gasteiger partial charge in [0.1, 0.15) is 5.75 Å². The van der Waals surface area contributed by atoms with Crippen LogP contribution in [-0.2, 0) is 17.7 Å². The number of nitrogens with one attached hydrogen (secondary N) is 2. The smallest absolute Gasteiger partial charge is 0.387 e. The second kappa shape index (κ2) is 8.78. The molecule has 0 saturated carbocycles.